The van der Waals surface area contributed by atoms with E-state index in [1.807, 2.05) is 18.2 Å². The van der Waals surface area contributed by atoms with Gasteiger partial charge in [-0.1, -0.05) is 50.3 Å². The van der Waals surface area contributed by atoms with Gasteiger partial charge in [-0.05, 0) is 35.2 Å². The topological polar surface area (TPSA) is 78.7 Å². The van der Waals surface area contributed by atoms with E-state index in [1.165, 1.54) is 0 Å². The van der Waals surface area contributed by atoms with Crippen molar-refractivity contribution in [1.29, 1.82) is 5.26 Å². The first-order chi connectivity index (χ1) is 12.4. The van der Waals surface area contributed by atoms with Gasteiger partial charge in [0.2, 0.25) is 0 Å². The first-order valence-electron chi connectivity index (χ1n) is 8.13. The van der Waals surface area contributed by atoms with E-state index in [-0.39, 0.29) is 11.3 Å². The number of rotatable bonds is 3. The minimum atomic E-state index is -0.253. The molecule has 2 aromatic heterocycles. The van der Waals surface area contributed by atoms with E-state index >= 15 is 0 Å². The van der Waals surface area contributed by atoms with Gasteiger partial charge in [-0.25, -0.2) is 4.98 Å². The van der Waals surface area contributed by atoms with Gasteiger partial charge in [-0.3, -0.25) is 15.1 Å². The van der Waals surface area contributed by atoms with Gasteiger partial charge >= 0.3 is 0 Å². The molecule has 6 heteroatoms. The molecule has 0 unspecified atom stereocenters. The van der Waals surface area contributed by atoms with E-state index in [4.69, 9.17) is 0 Å². The minimum absolute atomic E-state index is 0.0313. The number of nitrogens with one attached hydrogen (secondary N) is 1. The van der Waals surface area contributed by atoms with Crippen molar-refractivity contribution < 1.29 is 4.79 Å². The van der Waals surface area contributed by atoms with E-state index in [1.54, 1.807) is 30.5 Å². The number of thiazole rings is 1. The Balaban J connectivity index is 1.82. The summed E-state index contributed by atoms with van der Waals surface area (Å²) in [6, 6.07) is 15.0. The van der Waals surface area contributed by atoms with Crippen LogP contribution in [0.5, 0.6) is 0 Å². The molecule has 0 aliphatic carbocycles. The smallest absolute Gasteiger partial charge is 0.257 e. The van der Waals surface area contributed by atoms with E-state index in [0.717, 1.165) is 16.9 Å². The second-order valence-electron chi connectivity index (χ2n) is 6.81. The van der Waals surface area contributed by atoms with Crippen molar-refractivity contribution in [2.75, 3.05) is 5.32 Å². The molecule has 0 saturated carbocycles. The van der Waals surface area contributed by atoms with Crippen molar-refractivity contribution in [3.63, 3.8) is 0 Å². The Bertz CT molecular complexity index is 964. The number of pyridine rings is 1. The first kappa shape index (κ1) is 17.8. The number of aromatic nitrogens is 2. The highest BCUT2D eigenvalue weighted by atomic mass is 32.1. The van der Waals surface area contributed by atoms with Crippen molar-refractivity contribution in [2.24, 2.45) is 0 Å². The molecule has 0 saturated heterocycles. The third-order valence-electron chi connectivity index (χ3n) is 3.87. The largest absolute Gasteiger partial charge is 0.298 e. The molecule has 0 spiro atoms. The van der Waals surface area contributed by atoms with Crippen LogP contribution in [0.3, 0.4) is 0 Å². The van der Waals surface area contributed by atoms with Gasteiger partial charge in [0, 0.05) is 11.8 Å². The first-order valence-corrected chi connectivity index (χ1v) is 8.94. The molecule has 0 bridgehead atoms. The number of anilines is 1. The van der Waals surface area contributed by atoms with Crippen molar-refractivity contribution >= 4 is 22.4 Å². The molecule has 1 N–H and O–H groups in total. The standard InChI is InChI=1S/C20H18N4OS/c1-20(2,3)14-9-7-13(8-10-14)18(25)24-19-23-17(16(12-21)26-19)15-6-4-5-11-22-15/h4-11H,1-3H3,(H,23,24,25). The molecule has 0 aliphatic heterocycles. The molecule has 3 rings (SSSR count). The Labute approximate surface area is 156 Å². The fraction of sp³-hybridized carbons (Fsp3) is 0.200. The number of nitriles is 1. The molecule has 1 aromatic carbocycles. The number of carbonyl (C=O) groups is 1. The second kappa shape index (κ2) is 7.06. The van der Waals surface area contributed by atoms with Crippen LogP contribution in [0, 0.1) is 11.3 Å². The zero-order valence-corrected chi connectivity index (χ0v) is 15.6. The summed E-state index contributed by atoms with van der Waals surface area (Å²) in [6.07, 6.45) is 1.64. The van der Waals surface area contributed by atoms with Crippen molar-refractivity contribution in [3.8, 4) is 17.5 Å². The predicted molar refractivity (Wildman–Crippen MR) is 103 cm³/mol. The lowest BCUT2D eigenvalue weighted by Crippen LogP contribution is -2.14. The SMILES string of the molecule is CC(C)(C)c1ccc(C(=O)Nc2nc(-c3ccccn3)c(C#N)s2)cc1. The molecule has 0 fully saturated rings. The Kier molecular flexibility index (Phi) is 4.83. The van der Waals surface area contributed by atoms with Crippen LogP contribution in [0.25, 0.3) is 11.4 Å². The lowest BCUT2D eigenvalue weighted by molar-refractivity contribution is 0.102. The van der Waals surface area contributed by atoms with Crippen LogP contribution >= 0.6 is 11.3 Å². The summed E-state index contributed by atoms with van der Waals surface area (Å²) in [6.45, 7) is 6.38. The zero-order valence-electron chi connectivity index (χ0n) is 14.8. The second-order valence-corrected chi connectivity index (χ2v) is 7.80. The fourth-order valence-corrected chi connectivity index (χ4v) is 3.18. The number of benzene rings is 1. The van der Waals surface area contributed by atoms with Crippen LogP contribution in [-0.4, -0.2) is 15.9 Å². The Hall–Kier alpha value is -3.04. The van der Waals surface area contributed by atoms with Crippen LogP contribution < -0.4 is 5.32 Å². The van der Waals surface area contributed by atoms with Crippen LogP contribution in [0.15, 0.2) is 48.7 Å². The lowest BCUT2D eigenvalue weighted by Gasteiger charge is -2.18. The van der Waals surface area contributed by atoms with E-state index < -0.39 is 0 Å². The molecule has 2 heterocycles. The monoisotopic (exact) mass is 362 g/mol. The number of nitrogens with zero attached hydrogens (tertiary/aromatic N) is 3. The summed E-state index contributed by atoms with van der Waals surface area (Å²) in [5, 5.41) is 12.5. The quantitative estimate of drug-likeness (QED) is 0.737. The average Bonchev–Trinajstić information content (AvgIpc) is 3.04. The van der Waals surface area contributed by atoms with Gasteiger partial charge in [0.15, 0.2) is 5.13 Å². The molecule has 0 atom stereocenters. The lowest BCUT2D eigenvalue weighted by atomic mass is 9.87. The molecule has 0 radical (unpaired) electrons. The van der Waals surface area contributed by atoms with Gasteiger partial charge in [0.25, 0.3) is 5.91 Å². The highest BCUT2D eigenvalue weighted by Gasteiger charge is 2.17. The highest BCUT2D eigenvalue weighted by molar-refractivity contribution is 7.16. The van der Waals surface area contributed by atoms with Crippen molar-refractivity contribution in [3.05, 3.63) is 64.7 Å². The third kappa shape index (κ3) is 3.79. The highest BCUT2D eigenvalue weighted by Crippen LogP contribution is 2.29. The zero-order chi connectivity index (χ0) is 18.7. The summed E-state index contributed by atoms with van der Waals surface area (Å²) < 4.78 is 0. The molecular weight excluding hydrogens is 344 g/mol. The fourth-order valence-electron chi connectivity index (χ4n) is 2.42. The molecule has 26 heavy (non-hydrogen) atoms. The Morgan fingerprint density at radius 1 is 1.15 bits per heavy atom. The minimum Gasteiger partial charge on any atom is -0.298 e. The van der Waals surface area contributed by atoms with Gasteiger partial charge < -0.3 is 0 Å². The summed E-state index contributed by atoms with van der Waals surface area (Å²) in [7, 11) is 0. The molecule has 3 aromatic rings. The number of carbonyl (C=O) groups excluding carboxylic acids is 1. The summed E-state index contributed by atoms with van der Waals surface area (Å²) in [4.78, 5) is 21.5. The molecule has 5 nitrogen and oxygen atoms in total. The average molecular weight is 362 g/mol. The van der Waals surface area contributed by atoms with Crippen LogP contribution in [0.4, 0.5) is 5.13 Å². The number of amides is 1. The van der Waals surface area contributed by atoms with E-state index in [9.17, 15) is 10.1 Å². The molecule has 0 aliphatic rings. The summed E-state index contributed by atoms with van der Waals surface area (Å²) >= 11 is 1.14. The molecule has 1 amide bonds. The van der Waals surface area contributed by atoms with Crippen LogP contribution in [0.2, 0.25) is 0 Å². The van der Waals surface area contributed by atoms with Crippen molar-refractivity contribution in [1.82, 2.24) is 9.97 Å². The van der Waals surface area contributed by atoms with E-state index in [0.29, 0.717) is 27.0 Å². The predicted octanol–water partition coefficient (Wildman–Crippen LogP) is 4.63. The van der Waals surface area contributed by atoms with E-state index in [2.05, 4.69) is 42.1 Å². The number of hydrogen-bond acceptors (Lipinski definition) is 5. The normalized spacial score (nSPS) is 11.0. The van der Waals surface area contributed by atoms with Gasteiger partial charge in [-0.15, -0.1) is 0 Å². The Morgan fingerprint density at radius 2 is 1.88 bits per heavy atom. The van der Waals surface area contributed by atoms with Gasteiger partial charge in [0.05, 0.1) is 5.69 Å². The van der Waals surface area contributed by atoms with Crippen molar-refractivity contribution in [2.45, 2.75) is 26.2 Å². The molecule has 130 valence electrons. The summed E-state index contributed by atoms with van der Waals surface area (Å²) in [5.41, 5.74) is 2.83. The Morgan fingerprint density at radius 3 is 2.46 bits per heavy atom. The third-order valence-corrected chi connectivity index (χ3v) is 4.75. The van der Waals surface area contributed by atoms with Gasteiger partial charge in [0.1, 0.15) is 16.6 Å². The maximum absolute atomic E-state index is 12.5. The van der Waals surface area contributed by atoms with Crippen LogP contribution in [0.1, 0.15) is 41.6 Å². The molecular formula is C20H18N4OS. The number of hydrogen-bond donors (Lipinski definition) is 1. The summed E-state index contributed by atoms with van der Waals surface area (Å²) in [5.74, 6) is -0.253. The van der Waals surface area contributed by atoms with Gasteiger partial charge in [-0.2, -0.15) is 5.26 Å². The van der Waals surface area contributed by atoms with Crippen LogP contribution in [-0.2, 0) is 5.41 Å². The maximum atomic E-state index is 12.5. The maximum Gasteiger partial charge on any atom is 0.257 e.